The number of benzene rings is 2. The fourth-order valence-corrected chi connectivity index (χ4v) is 4.60. The van der Waals surface area contributed by atoms with Crippen molar-refractivity contribution in [3.05, 3.63) is 63.1 Å². The summed E-state index contributed by atoms with van der Waals surface area (Å²) in [7, 11) is -3.75. The number of hydrogen-bond donors (Lipinski definition) is 2. The van der Waals surface area contributed by atoms with E-state index < -0.39 is 21.8 Å². The number of carbonyl (C=O) groups excluding carboxylic acids is 2. The molecule has 2 aromatic carbocycles. The highest BCUT2D eigenvalue weighted by Gasteiger charge is 2.24. The first-order valence-electron chi connectivity index (χ1n) is 8.37. The Morgan fingerprint density at radius 2 is 1.57 bits per heavy atom. The van der Waals surface area contributed by atoms with Gasteiger partial charge in [0.25, 0.3) is 11.8 Å². The molecule has 0 aliphatic rings. The molecule has 150 valence electrons. The predicted octanol–water partition coefficient (Wildman–Crippen LogP) is 3.21. The number of hydrogen-bond acceptors (Lipinski definition) is 4. The Hall–Kier alpha value is -1.94. The molecular formula is C18H19BrClN3O4S. The van der Waals surface area contributed by atoms with Gasteiger partial charge < -0.3 is 0 Å². The molecule has 0 radical (unpaired) electrons. The number of rotatable bonds is 6. The number of carbonyl (C=O) groups is 2. The number of amides is 2. The van der Waals surface area contributed by atoms with E-state index in [-0.39, 0.29) is 15.5 Å². The summed E-state index contributed by atoms with van der Waals surface area (Å²) in [5, 5.41) is 0.0612. The topological polar surface area (TPSA) is 95.6 Å². The number of sulfonamides is 1. The fraction of sp³-hybridized carbons (Fsp3) is 0.222. The molecule has 0 aliphatic heterocycles. The molecule has 7 nitrogen and oxygen atoms in total. The van der Waals surface area contributed by atoms with Gasteiger partial charge in [-0.15, -0.1) is 0 Å². The zero-order chi connectivity index (χ0) is 20.9. The molecular weight excluding hydrogens is 470 g/mol. The molecule has 0 fully saturated rings. The molecule has 0 bridgehead atoms. The van der Waals surface area contributed by atoms with Crippen molar-refractivity contribution in [2.75, 3.05) is 13.1 Å². The van der Waals surface area contributed by atoms with Crippen molar-refractivity contribution < 1.29 is 18.0 Å². The van der Waals surface area contributed by atoms with Crippen LogP contribution < -0.4 is 10.9 Å². The van der Waals surface area contributed by atoms with Crippen molar-refractivity contribution in [1.82, 2.24) is 15.2 Å². The van der Waals surface area contributed by atoms with E-state index in [1.165, 1.54) is 22.5 Å². The van der Waals surface area contributed by atoms with Gasteiger partial charge in [0.05, 0.1) is 21.0 Å². The van der Waals surface area contributed by atoms with Gasteiger partial charge in [0.2, 0.25) is 10.0 Å². The minimum Gasteiger partial charge on any atom is -0.267 e. The third-order valence-corrected chi connectivity index (χ3v) is 7.00. The SMILES string of the molecule is CCN(CC)S(=O)(=O)c1ccc(Cl)c(C(=O)NNC(=O)c2ccccc2Br)c1. The molecule has 0 atom stereocenters. The molecule has 28 heavy (non-hydrogen) atoms. The lowest BCUT2D eigenvalue weighted by atomic mass is 10.2. The average molecular weight is 489 g/mol. The Bertz CT molecular complexity index is 994. The van der Waals surface area contributed by atoms with Crippen LogP contribution in [0.25, 0.3) is 0 Å². The van der Waals surface area contributed by atoms with Gasteiger partial charge in [-0.3, -0.25) is 20.4 Å². The Kier molecular flexibility index (Phi) is 7.59. The highest BCUT2D eigenvalue weighted by molar-refractivity contribution is 9.10. The Morgan fingerprint density at radius 1 is 1.00 bits per heavy atom. The van der Waals surface area contributed by atoms with Crippen molar-refractivity contribution >= 4 is 49.4 Å². The molecule has 2 rings (SSSR count). The molecule has 0 saturated heterocycles. The second kappa shape index (κ2) is 9.51. The summed E-state index contributed by atoms with van der Waals surface area (Å²) in [6.45, 7) is 4.04. The van der Waals surface area contributed by atoms with Crippen LogP contribution in [0.5, 0.6) is 0 Å². The summed E-state index contributed by atoms with van der Waals surface area (Å²) in [6.07, 6.45) is 0. The third kappa shape index (κ3) is 4.91. The van der Waals surface area contributed by atoms with Crippen LogP contribution in [0.3, 0.4) is 0 Å². The van der Waals surface area contributed by atoms with Gasteiger partial charge in [0.1, 0.15) is 0 Å². The van der Waals surface area contributed by atoms with Gasteiger partial charge in [-0.1, -0.05) is 37.6 Å². The van der Waals surface area contributed by atoms with E-state index in [0.717, 1.165) is 0 Å². The summed E-state index contributed by atoms with van der Waals surface area (Å²) in [5.41, 5.74) is 4.79. The van der Waals surface area contributed by atoms with Crippen molar-refractivity contribution in [2.45, 2.75) is 18.7 Å². The van der Waals surface area contributed by atoms with Crippen molar-refractivity contribution in [3.8, 4) is 0 Å². The van der Waals surface area contributed by atoms with Crippen LogP contribution in [0, 0.1) is 0 Å². The first kappa shape index (κ1) is 22.4. The summed E-state index contributed by atoms with van der Waals surface area (Å²) in [5.74, 6) is -1.27. The fourth-order valence-electron chi connectivity index (χ4n) is 2.44. The lowest BCUT2D eigenvalue weighted by Crippen LogP contribution is -2.42. The maximum absolute atomic E-state index is 12.6. The van der Waals surface area contributed by atoms with Crippen LogP contribution in [-0.4, -0.2) is 37.6 Å². The normalized spacial score (nSPS) is 11.3. The van der Waals surface area contributed by atoms with Crippen molar-refractivity contribution in [2.24, 2.45) is 0 Å². The molecule has 2 N–H and O–H groups in total. The zero-order valence-electron chi connectivity index (χ0n) is 15.2. The van der Waals surface area contributed by atoms with E-state index in [0.29, 0.717) is 23.1 Å². The average Bonchev–Trinajstić information content (AvgIpc) is 2.67. The predicted molar refractivity (Wildman–Crippen MR) is 111 cm³/mol. The van der Waals surface area contributed by atoms with Gasteiger partial charge in [0, 0.05) is 17.6 Å². The zero-order valence-corrected chi connectivity index (χ0v) is 18.4. The maximum atomic E-state index is 12.6. The molecule has 0 aromatic heterocycles. The van der Waals surface area contributed by atoms with E-state index in [9.17, 15) is 18.0 Å². The number of halogens is 2. The lowest BCUT2D eigenvalue weighted by Gasteiger charge is -2.19. The molecule has 0 aliphatic carbocycles. The molecule has 10 heteroatoms. The van der Waals surface area contributed by atoms with Crippen molar-refractivity contribution in [3.63, 3.8) is 0 Å². The summed E-state index contributed by atoms with van der Waals surface area (Å²) in [4.78, 5) is 24.6. The first-order valence-corrected chi connectivity index (χ1v) is 11.0. The largest absolute Gasteiger partial charge is 0.271 e. The Balaban J connectivity index is 2.22. The molecule has 0 spiro atoms. The second-order valence-electron chi connectivity index (χ2n) is 5.62. The molecule has 0 unspecified atom stereocenters. The van der Waals surface area contributed by atoms with E-state index in [2.05, 4.69) is 26.8 Å². The Morgan fingerprint density at radius 3 is 2.14 bits per heavy atom. The van der Waals surface area contributed by atoms with Crippen molar-refractivity contribution in [1.29, 1.82) is 0 Å². The lowest BCUT2D eigenvalue weighted by molar-refractivity contribution is 0.0846. The van der Waals surface area contributed by atoms with Gasteiger partial charge in [-0.2, -0.15) is 4.31 Å². The third-order valence-electron chi connectivity index (χ3n) is 3.93. The number of nitrogens with zero attached hydrogens (tertiary/aromatic N) is 1. The molecule has 2 aromatic rings. The quantitative estimate of drug-likeness (QED) is 0.610. The molecule has 2 amide bonds. The summed E-state index contributed by atoms with van der Waals surface area (Å²) in [6, 6.07) is 10.6. The maximum Gasteiger partial charge on any atom is 0.271 e. The first-order chi connectivity index (χ1) is 13.2. The molecule has 0 saturated carbocycles. The minimum atomic E-state index is -3.75. The Labute approximate surface area is 177 Å². The monoisotopic (exact) mass is 487 g/mol. The van der Waals surface area contributed by atoms with E-state index in [4.69, 9.17) is 11.6 Å². The summed E-state index contributed by atoms with van der Waals surface area (Å²) >= 11 is 9.31. The number of nitrogens with one attached hydrogen (secondary N) is 2. The van der Waals surface area contributed by atoms with Crippen LogP contribution in [0.15, 0.2) is 51.8 Å². The standard InChI is InChI=1S/C18H19BrClN3O4S/c1-3-23(4-2)28(26,27)12-9-10-16(20)14(11-12)18(25)22-21-17(24)13-7-5-6-8-15(13)19/h5-11H,3-4H2,1-2H3,(H,21,24)(H,22,25). The van der Waals surface area contributed by atoms with Crippen LogP contribution in [0.4, 0.5) is 0 Å². The molecule has 0 heterocycles. The minimum absolute atomic E-state index is 0.0529. The van der Waals surface area contributed by atoms with Crippen LogP contribution in [-0.2, 0) is 10.0 Å². The second-order valence-corrected chi connectivity index (χ2v) is 8.82. The van der Waals surface area contributed by atoms with E-state index >= 15 is 0 Å². The highest BCUT2D eigenvalue weighted by atomic mass is 79.9. The van der Waals surface area contributed by atoms with E-state index in [1.54, 1.807) is 38.1 Å². The summed E-state index contributed by atoms with van der Waals surface area (Å²) < 4.78 is 27.1. The van der Waals surface area contributed by atoms with Crippen LogP contribution in [0.2, 0.25) is 5.02 Å². The smallest absolute Gasteiger partial charge is 0.267 e. The highest BCUT2D eigenvalue weighted by Crippen LogP contribution is 2.23. The van der Waals surface area contributed by atoms with Gasteiger partial charge in [-0.25, -0.2) is 8.42 Å². The van der Waals surface area contributed by atoms with Gasteiger partial charge >= 0.3 is 0 Å². The van der Waals surface area contributed by atoms with Gasteiger partial charge in [0.15, 0.2) is 0 Å². The van der Waals surface area contributed by atoms with Crippen LogP contribution in [0.1, 0.15) is 34.6 Å². The van der Waals surface area contributed by atoms with Crippen LogP contribution >= 0.6 is 27.5 Å². The van der Waals surface area contributed by atoms with E-state index in [1.807, 2.05) is 0 Å². The number of hydrazine groups is 1. The van der Waals surface area contributed by atoms with Gasteiger partial charge in [-0.05, 0) is 46.3 Å².